The molecule has 2 N–H and O–H groups in total. The van der Waals surface area contributed by atoms with Gasteiger partial charge in [0.15, 0.2) is 5.56 Å². The second-order valence-electron chi connectivity index (χ2n) is 7.91. The minimum absolute atomic E-state index is 0.0741. The molecule has 33 heavy (non-hydrogen) atoms. The number of carbonyl (C=O) groups is 2. The van der Waals surface area contributed by atoms with E-state index in [0.29, 0.717) is 31.9 Å². The third-order valence-corrected chi connectivity index (χ3v) is 4.86. The molecule has 1 saturated heterocycles. The quantitative estimate of drug-likeness (QED) is 0.608. The molecule has 0 aliphatic carbocycles. The van der Waals surface area contributed by atoms with E-state index in [1.807, 2.05) is 13.8 Å². The Morgan fingerprint density at radius 2 is 1.97 bits per heavy atom. The van der Waals surface area contributed by atoms with Crippen LogP contribution in [-0.2, 0) is 16.1 Å². The second kappa shape index (κ2) is 9.65. The van der Waals surface area contributed by atoms with Gasteiger partial charge in [-0.25, -0.2) is 0 Å². The average molecular weight is 471 g/mol. The van der Waals surface area contributed by atoms with E-state index in [4.69, 9.17) is 4.74 Å². The number of hydrogen-bond acceptors (Lipinski definition) is 6. The van der Waals surface area contributed by atoms with Crippen LogP contribution in [0.1, 0.15) is 29.8 Å². The van der Waals surface area contributed by atoms with Crippen molar-refractivity contribution in [3.05, 3.63) is 33.8 Å². The molecular weight excluding hydrogens is 447 g/mol. The Balaban J connectivity index is 2.04. The predicted molar refractivity (Wildman–Crippen MR) is 111 cm³/mol. The number of amides is 2. The van der Waals surface area contributed by atoms with Crippen LogP contribution in [0, 0.1) is 5.92 Å². The summed E-state index contributed by atoms with van der Waals surface area (Å²) in [5.74, 6) is -2.50. The summed E-state index contributed by atoms with van der Waals surface area (Å²) in [5, 5.41) is 16.2. The van der Waals surface area contributed by atoms with Crippen LogP contribution >= 0.6 is 0 Å². The minimum Gasteiger partial charge on any atom is -0.494 e. The number of nitrogens with zero attached hydrogens (tertiary/aromatic N) is 4. The fraction of sp³-hybridized carbons (Fsp3) is 0.500. The first-order valence-electron chi connectivity index (χ1n) is 10.2. The van der Waals surface area contributed by atoms with Gasteiger partial charge in [0, 0.05) is 31.3 Å². The van der Waals surface area contributed by atoms with Gasteiger partial charge in [0.25, 0.3) is 11.5 Å². The standard InChI is InChI=1S/C20H24F3N5O5/c1-12(2)10-27-17-13(3-4-14(29)26-5-7-33-8-6-26)9-25-28(17)19(32)15(18(27)31)16(30)24-11-20(21,22)23/h3-4,9,12,31H,5-8,10-11H2,1-2H3,(H,24,30). The lowest BCUT2D eigenvalue weighted by Gasteiger charge is -2.25. The molecule has 1 aliphatic heterocycles. The lowest BCUT2D eigenvalue weighted by Crippen LogP contribution is -2.39. The number of aromatic nitrogens is 3. The van der Waals surface area contributed by atoms with Crippen molar-refractivity contribution in [1.29, 1.82) is 0 Å². The van der Waals surface area contributed by atoms with Gasteiger partial charge in [0.1, 0.15) is 12.2 Å². The largest absolute Gasteiger partial charge is 0.494 e. The molecule has 2 aromatic heterocycles. The second-order valence-corrected chi connectivity index (χ2v) is 7.91. The predicted octanol–water partition coefficient (Wildman–Crippen LogP) is 1.02. The molecule has 180 valence electrons. The fourth-order valence-corrected chi connectivity index (χ4v) is 3.38. The summed E-state index contributed by atoms with van der Waals surface area (Å²) in [5.41, 5.74) is -1.52. The number of carbonyl (C=O) groups excluding carboxylic acids is 2. The molecular formula is C20H24F3N5O5. The topological polar surface area (TPSA) is 118 Å². The SMILES string of the molecule is CC(C)Cn1c(O)c(C(=O)NCC(F)(F)F)c(=O)n2ncc(C=CC(=O)N3CCOCC3)c12. The van der Waals surface area contributed by atoms with Gasteiger partial charge < -0.3 is 20.1 Å². The summed E-state index contributed by atoms with van der Waals surface area (Å²) in [6, 6.07) is 0. The Morgan fingerprint density at radius 1 is 1.30 bits per heavy atom. The summed E-state index contributed by atoms with van der Waals surface area (Å²) < 4.78 is 44.8. The summed E-state index contributed by atoms with van der Waals surface area (Å²) in [4.78, 5) is 39.1. The maximum absolute atomic E-state index is 12.8. The molecule has 13 heteroatoms. The van der Waals surface area contributed by atoms with Gasteiger partial charge in [-0.3, -0.25) is 19.0 Å². The molecule has 0 saturated carbocycles. The molecule has 2 amide bonds. The molecule has 0 bridgehead atoms. The first-order chi connectivity index (χ1) is 15.5. The number of rotatable bonds is 6. The Morgan fingerprint density at radius 3 is 2.58 bits per heavy atom. The van der Waals surface area contributed by atoms with Gasteiger partial charge in [-0.2, -0.15) is 22.8 Å². The Kier molecular flexibility index (Phi) is 7.10. The molecule has 3 heterocycles. The zero-order valence-corrected chi connectivity index (χ0v) is 18.1. The van der Waals surface area contributed by atoms with E-state index in [9.17, 15) is 32.7 Å². The van der Waals surface area contributed by atoms with E-state index in [-0.39, 0.29) is 24.0 Å². The van der Waals surface area contributed by atoms with Gasteiger partial charge in [0.2, 0.25) is 11.8 Å². The van der Waals surface area contributed by atoms with Crippen LogP contribution in [-0.4, -0.2) is 75.0 Å². The van der Waals surface area contributed by atoms with Crippen LogP contribution in [0.5, 0.6) is 5.88 Å². The third-order valence-electron chi connectivity index (χ3n) is 4.86. The molecule has 1 aliphatic rings. The van der Waals surface area contributed by atoms with Crippen molar-refractivity contribution in [3.8, 4) is 5.88 Å². The fourth-order valence-electron chi connectivity index (χ4n) is 3.38. The van der Waals surface area contributed by atoms with E-state index in [2.05, 4.69) is 5.10 Å². The van der Waals surface area contributed by atoms with Crippen molar-refractivity contribution in [2.24, 2.45) is 5.92 Å². The number of morpholine rings is 1. The van der Waals surface area contributed by atoms with Gasteiger partial charge in [-0.15, -0.1) is 0 Å². The van der Waals surface area contributed by atoms with E-state index in [1.54, 1.807) is 10.2 Å². The number of fused-ring (bicyclic) bond motifs is 1. The number of hydrogen-bond donors (Lipinski definition) is 2. The zero-order valence-electron chi connectivity index (χ0n) is 18.1. The zero-order chi connectivity index (χ0) is 24.3. The van der Waals surface area contributed by atoms with Crippen LogP contribution in [0.25, 0.3) is 11.7 Å². The van der Waals surface area contributed by atoms with Crippen LogP contribution < -0.4 is 10.9 Å². The maximum atomic E-state index is 12.8. The van der Waals surface area contributed by atoms with Gasteiger partial charge >= 0.3 is 6.18 Å². The van der Waals surface area contributed by atoms with Crippen molar-refractivity contribution in [2.75, 3.05) is 32.8 Å². The summed E-state index contributed by atoms with van der Waals surface area (Å²) >= 11 is 0. The van der Waals surface area contributed by atoms with E-state index >= 15 is 0 Å². The van der Waals surface area contributed by atoms with Crippen molar-refractivity contribution in [2.45, 2.75) is 26.6 Å². The summed E-state index contributed by atoms with van der Waals surface area (Å²) in [6.07, 6.45) is -0.691. The van der Waals surface area contributed by atoms with Crippen molar-refractivity contribution < 1.29 is 32.6 Å². The lowest BCUT2D eigenvalue weighted by molar-refractivity contribution is -0.129. The molecule has 0 unspecified atom stereocenters. The first-order valence-corrected chi connectivity index (χ1v) is 10.2. The van der Waals surface area contributed by atoms with Gasteiger partial charge in [0.05, 0.1) is 19.4 Å². The molecule has 1 fully saturated rings. The van der Waals surface area contributed by atoms with Gasteiger partial charge in [-0.1, -0.05) is 13.8 Å². The molecule has 0 spiro atoms. The highest BCUT2D eigenvalue weighted by molar-refractivity contribution is 5.97. The number of halogens is 3. The Labute approximate surface area is 186 Å². The number of nitrogens with one attached hydrogen (secondary N) is 1. The molecule has 0 aromatic carbocycles. The van der Waals surface area contributed by atoms with E-state index in [1.165, 1.54) is 22.9 Å². The Hall–Kier alpha value is -3.35. The van der Waals surface area contributed by atoms with Crippen molar-refractivity contribution in [3.63, 3.8) is 0 Å². The number of aromatic hydroxyl groups is 1. The first kappa shape index (κ1) is 24.3. The highest BCUT2D eigenvalue weighted by Gasteiger charge is 2.31. The molecule has 0 atom stereocenters. The normalized spacial score (nSPS) is 15.0. The van der Waals surface area contributed by atoms with Crippen LogP contribution in [0.4, 0.5) is 13.2 Å². The smallest absolute Gasteiger partial charge is 0.405 e. The highest BCUT2D eigenvalue weighted by Crippen LogP contribution is 2.23. The van der Waals surface area contributed by atoms with E-state index < -0.39 is 35.6 Å². The Bertz CT molecular complexity index is 1130. The maximum Gasteiger partial charge on any atom is 0.405 e. The van der Waals surface area contributed by atoms with Crippen LogP contribution in [0.15, 0.2) is 17.1 Å². The van der Waals surface area contributed by atoms with E-state index in [0.717, 1.165) is 4.52 Å². The molecule has 3 rings (SSSR count). The van der Waals surface area contributed by atoms with Gasteiger partial charge in [-0.05, 0) is 12.0 Å². The van der Waals surface area contributed by atoms with Crippen molar-refractivity contribution in [1.82, 2.24) is 24.4 Å². The third kappa shape index (κ3) is 5.53. The highest BCUT2D eigenvalue weighted by atomic mass is 19.4. The average Bonchev–Trinajstić information content (AvgIpc) is 3.18. The summed E-state index contributed by atoms with van der Waals surface area (Å²) in [6.45, 7) is 3.81. The van der Waals surface area contributed by atoms with Crippen LogP contribution in [0.3, 0.4) is 0 Å². The number of ether oxygens (including phenoxy) is 1. The summed E-state index contributed by atoms with van der Waals surface area (Å²) in [7, 11) is 0. The molecule has 10 nitrogen and oxygen atoms in total. The van der Waals surface area contributed by atoms with Crippen LogP contribution in [0.2, 0.25) is 0 Å². The minimum atomic E-state index is -4.69. The van der Waals surface area contributed by atoms with Crippen molar-refractivity contribution >= 4 is 23.5 Å². The molecule has 2 aromatic rings. The number of alkyl halides is 3. The molecule has 0 radical (unpaired) electrons. The lowest BCUT2D eigenvalue weighted by atomic mass is 10.2. The monoisotopic (exact) mass is 471 g/mol.